The monoisotopic (exact) mass is 2030 g/mol. The van der Waals surface area contributed by atoms with Gasteiger partial charge in [-0.3, -0.25) is 0 Å². The summed E-state index contributed by atoms with van der Waals surface area (Å²) >= 11 is 0. The summed E-state index contributed by atoms with van der Waals surface area (Å²) < 4.78 is 62.2. The van der Waals surface area contributed by atoms with E-state index < -0.39 is 11.9 Å². The number of methoxy groups -OCH3 is 2. The number of fused-ring (bicyclic) bond motifs is 17. The summed E-state index contributed by atoms with van der Waals surface area (Å²) in [5.41, 5.74) is 4.62. The zero-order valence-electron chi connectivity index (χ0n) is 90.1. The summed E-state index contributed by atoms with van der Waals surface area (Å²) in [6, 6.07) is 28.4. The maximum Gasteiger partial charge on any atom is 0.333 e. The van der Waals surface area contributed by atoms with Gasteiger partial charge in [0.15, 0.2) is 0 Å². The van der Waals surface area contributed by atoms with E-state index in [9.17, 15) is 57.5 Å². The average molecular weight is 2030 g/mol. The zero-order valence-corrected chi connectivity index (χ0v) is 90.1. The number of rotatable bonds is 37. The number of carbonyl (C=O) groups is 12. The van der Waals surface area contributed by atoms with Crippen LogP contribution < -0.4 is 4.74 Å². The number of benzene rings is 3. The lowest BCUT2D eigenvalue weighted by molar-refractivity contribution is -0.152. The molecule has 0 N–H and O–H groups in total. The fraction of sp³-hybridized carbons (Fsp3) is 0.554. The molecule has 25 heteroatoms. The molecule has 8 bridgehead atoms. The minimum Gasteiger partial charge on any atom is -0.490 e. The molecule has 25 nitrogen and oxygen atoms in total. The second-order valence-electron chi connectivity index (χ2n) is 39.0. The topological polar surface area (TPSA) is 325 Å². The van der Waals surface area contributed by atoms with Crippen molar-refractivity contribution >= 4 is 71.6 Å². The molecule has 0 aliphatic heterocycles. The second-order valence-corrected chi connectivity index (χ2v) is 39.0. The Kier molecular flexibility index (Phi) is 66.6. The van der Waals surface area contributed by atoms with Crippen LogP contribution in [-0.4, -0.2) is 145 Å². The van der Waals surface area contributed by atoms with Crippen molar-refractivity contribution in [1.29, 1.82) is 0 Å². The summed E-state index contributed by atoms with van der Waals surface area (Å²) in [6.07, 6.45) is 47.2. The van der Waals surface area contributed by atoms with Crippen molar-refractivity contribution in [3.05, 3.63) is 251 Å². The number of hydrogen-bond acceptors (Lipinski definition) is 25. The van der Waals surface area contributed by atoms with Gasteiger partial charge in [0.25, 0.3) is 0 Å². The van der Waals surface area contributed by atoms with Gasteiger partial charge in [-0.2, -0.15) is 0 Å². The summed E-state index contributed by atoms with van der Waals surface area (Å²) in [4.78, 5) is 127. The first-order valence-electron chi connectivity index (χ1n) is 52.0. The first kappa shape index (κ1) is 130. The van der Waals surface area contributed by atoms with Crippen LogP contribution in [0.15, 0.2) is 240 Å². The maximum atomic E-state index is 11.6. The van der Waals surface area contributed by atoms with Crippen LogP contribution in [0, 0.1) is 87.8 Å². The maximum absolute atomic E-state index is 11.6. The molecule has 808 valence electrons. The molecule has 15 unspecified atom stereocenters. The molecule has 11 aliphatic rings. The number of hydrogen-bond donors (Lipinski definition) is 0. The van der Waals surface area contributed by atoms with E-state index in [1.807, 2.05) is 91.0 Å². The van der Waals surface area contributed by atoms with Crippen molar-refractivity contribution in [2.75, 3.05) is 67.1 Å². The molecule has 0 heterocycles. The van der Waals surface area contributed by atoms with E-state index in [1.165, 1.54) is 98.1 Å². The van der Waals surface area contributed by atoms with Crippen molar-refractivity contribution in [2.24, 2.45) is 87.8 Å². The highest BCUT2D eigenvalue weighted by atomic mass is 16.6. The Hall–Kier alpha value is -12.0. The summed E-state index contributed by atoms with van der Waals surface area (Å²) in [6.45, 7) is 62.5. The van der Waals surface area contributed by atoms with E-state index in [4.69, 9.17) is 42.6 Å². The predicted octanol–water partition coefficient (Wildman–Crippen LogP) is 25.2. The van der Waals surface area contributed by atoms with Crippen LogP contribution >= 0.6 is 0 Å². The highest BCUT2D eigenvalue weighted by Gasteiger charge is 2.63. The van der Waals surface area contributed by atoms with Gasteiger partial charge in [-0.15, -0.1) is 0 Å². The van der Waals surface area contributed by atoms with Gasteiger partial charge >= 0.3 is 71.6 Å². The lowest BCUT2D eigenvalue weighted by Gasteiger charge is -2.38. The molecule has 15 atom stereocenters. The Morgan fingerprint density at radius 3 is 0.856 bits per heavy atom. The molecule has 3 aromatic rings. The standard InChI is InChI=1S/C14H22O4.C14H22O2.C12H18O4.C11H12O3.C11H12O2.C10H10O2.3C10H16.3C5H8O2.C4H6O2/c1-11(2)13(15)17-9-7-5-6-8-10-18-14(16)12(3)4;1-9(2)12(15)16-11-8-10-6-7-14(11,5)13(10,3)4;1-3-11(13)15-9-7-5-6-8-10-16-12(14)4-2;1-2-11(12)14-9-8-13-10-6-4-3-5-7-10;1-9(2)11(12)13-8-10-6-4-3-5-7-10;1-2-10(11)12-8-9-6-4-3-5-7-9;3*1-2-9-7-4-5-8(6-7)10(9)3-1;1-4(2)5(6)7-3;2*1-3-5(6)7-4-2;1-3-4(5)6-2/h1,3,5-10H2,2,4H3;10-11H,1,6-8H2,2-5H3;3-4H,1-2,5-10H2;2-7H,1,8-9H2;3-7H,1,8H2,2H3;2-7H,1,8H2;3*7-10H,1-6H2;1H2,2-3H3;2*3H,1,4H2,2H3;3H,1H2,2H3. The fourth-order valence-corrected chi connectivity index (χ4v) is 20.9. The van der Waals surface area contributed by atoms with Crippen molar-refractivity contribution in [3.63, 3.8) is 0 Å². The van der Waals surface area contributed by atoms with E-state index in [0.717, 1.165) is 117 Å². The van der Waals surface area contributed by atoms with Gasteiger partial charge in [-0.1, -0.05) is 198 Å². The highest BCUT2D eigenvalue weighted by Crippen LogP contribution is 2.67. The van der Waals surface area contributed by atoms with Crippen molar-refractivity contribution in [3.8, 4) is 5.75 Å². The average Bonchev–Trinajstić information content (AvgIpc) is 1.55. The first-order chi connectivity index (χ1) is 69.7. The Morgan fingerprint density at radius 1 is 0.308 bits per heavy atom. The molecule has 11 saturated carbocycles. The van der Waals surface area contributed by atoms with E-state index in [2.05, 4.69) is 119 Å². The van der Waals surface area contributed by atoms with Crippen molar-refractivity contribution in [2.45, 2.75) is 275 Å². The van der Waals surface area contributed by atoms with Gasteiger partial charge < -0.3 is 61.6 Å². The molecule has 3 aromatic carbocycles. The molecule has 0 aromatic heterocycles. The van der Waals surface area contributed by atoms with E-state index in [-0.39, 0.29) is 77.8 Å². The van der Waals surface area contributed by atoms with Crippen LogP contribution in [0.5, 0.6) is 5.75 Å². The predicted molar refractivity (Wildman–Crippen MR) is 573 cm³/mol. The van der Waals surface area contributed by atoms with Crippen LogP contribution in [0.1, 0.15) is 267 Å². The van der Waals surface area contributed by atoms with Crippen molar-refractivity contribution in [1.82, 2.24) is 0 Å². The van der Waals surface area contributed by atoms with Gasteiger partial charge in [0, 0.05) is 75.8 Å². The Balaban J connectivity index is 0.000000540. The van der Waals surface area contributed by atoms with Gasteiger partial charge in [-0.05, 0) is 321 Å². The van der Waals surface area contributed by atoms with Gasteiger partial charge in [0.2, 0.25) is 0 Å². The fourth-order valence-electron chi connectivity index (χ4n) is 20.9. The second kappa shape index (κ2) is 74.8. The van der Waals surface area contributed by atoms with Crippen LogP contribution in [0.2, 0.25) is 0 Å². The molecule has 0 radical (unpaired) electrons. The molecule has 146 heavy (non-hydrogen) atoms. The highest BCUT2D eigenvalue weighted by molar-refractivity contribution is 5.89. The van der Waals surface area contributed by atoms with Crippen LogP contribution in [0.4, 0.5) is 0 Å². The molecule has 11 aliphatic carbocycles. The SMILES string of the molecule is C1CC2C3CCC(C3)C2C1.C1CC2C3CCC(C3)C2C1.C1CC2C3CCC(C3)C2C1.C=C(C)C(=O)OC.C=C(C)C(=O)OC1CC2CCC1(C)C2(C)C.C=C(C)C(=O)OCCCCCCOC(=O)C(=C)C.C=C(C)C(=O)OCc1ccccc1.C=CC(=O)OC.C=CC(=O)OCC.C=CC(=O)OCC.C=CC(=O)OCCCCCCOC(=O)C=C.C=CC(=O)OCCOc1ccccc1.C=CC(=O)OCc1ccccc1. The first-order valence-corrected chi connectivity index (χ1v) is 52.0. The smallest absolute Gasteiger partial charge is 0.333 e. The van der Waals surface area contributed by atoms with E-state index in [1.54, 1.807) is 164 Å². The quantitative estimate of drug-likeness (QED) is 0.0224. The number of esters is 12. The van der Waals surface area contributed by atoms with Crippen LogP contribution in [0.25, 0.3) is 0 Å². The van der Waals surface area contributed by atoms with Gasteiger partial charge in [0.05, 0.1) is 53.9 Å². The Labute approximate surface area is 872 Å². The lowest BCUT2D eigenvalue weighted by atomic mass is 9.70. The molecule has 0 saturated heterocycles. The number of para-hydroxylation sites is 1. The largest absolute Gasteiger partial charge is 0.490 e. The Bertz CT molecular complexity index is 4360. The number of ether oxygens (including phenoxy) is 13. The molecule has 11 fully saturated rings. The normalized spacial score (nSPS) is 22.2. The Morgan fingerprint density at radius 2 is 0.596 bits per heavy atom. The molecule has 14 rings (SSSR count). The summed E-state index contributed by atoms with van der Waals surface area (Å²) in [5.74, 6) is 11.6. The van der Waals surface area contributed by atoms with Gasteiger partial charge in [0.1, 0.15) is 38.3 Å². The molecular weight excluding hydrogens is 1850 g/mol. The van der Waals surface area contributed by atoms with E-state index in [0.29, 0.717) is 98.7 Å². The van der Waals surface area contributed by atoms with Crippen LogP contribution in [-0.2, 0) is 128 Å². The minimum atomic E-state index is -0.429. The summed E-state index contributed by atoms with van der Waals surface area (Å²) in [5, 5.41) is 0. The third-order valence-electron chi connectivity index (χ3n) is 28.7. The molecular formula is C121H174O25. The molecule has 0 spiro atoms. The lowest BCUT2D eigenvalue weighted by Crippen LogP contribution is -2.38. The van der Waals surface area contributed by atoms with Crippen LogP contribution in [0.3, 0.4) is 0 Å². The third-order valence-corrected chi connectivity index (χ3v) is 28.7. The van der Waals surface area contributed by atoms with E-state index >= 15 is 0 Å². The summed E-state index contributed by atoms with van der Waals surface area (Å²) in [7, 11) is 2.64. The van der Waals surface area contributed by atoms with Gasteiger partial charge in [-0.25, -0.2) is 57.5 Å². The zero-order chi connectivity index (χ0) is 109. The molecule has 0 amide bonds. The van der Waals surface area contributed by atoms with Crippen molar-refractivity contribution < 1.29 is 119 Å². The minimum absolute atomic E-state index is 0.0884. The number of carbonyl (C=O) groups excluding carboxylic acids is 12. The number of unbranched alkanes of at least 4 members (excludes halogenated alkanes) is 6. The third kappa shape index (κ3) is 50.9.